The lowest BCUT2D eigenvalue weighted by atomic mass is 10.2. The molecule has 0 bridgehead atoms. The van der Waals surface area contributed by atoms with Crippen molar-refractivity contribution in [2.24, 2.45) is 0 Å². The fourth-order valence-corrected chi connectivity index (χ4v) is 2.75. The van der Waals surface area contributed by atoms with Crippen LogP contribution in [0, 0.1) is 0 Å². The first-order valence-electron chi connectivity index (χ1n) is 6.23. The van der Waals surface area contributed by atoms with Crippen molar-refractivity contribution in [1.29, 1.82) is 0 Å². The summed E-state index contributed by atoms with van der Waals surface area (Å²) in [6.07, 6.45) is 1.44. The summed E-state index contributed by atoms with van der Waals surface area (Å²) in [4.78, 5) is 19.3. The van der Waals surface area contributed by atoms with Crippen LogP contribution in [0.2, 0.25) is 10.2 Å². The van der Waals surface area contributed by atoms with Crippen molar-refractivity contribution < 1.29 is 9.53 Å². The molecule has 0 radical (unpaired) electrons. The van der Waals surface area contributed by atoms with Gasteiger partial charge in [-0.15, -0.1) is 11.3 Å². The van der Waals surface area contributed by atoms with Crippen LogP contribution in [0.25, 0.3) is 0 Å². The van der Waals surface area contributed by atoms with Crippen LogP contribution in [0.1, 0.15) is 15.2 Å². The highest BCUT2D eigenvalue weighted by Crippen LogP contribution is 2.21. The molecule has 0 unspecified atom stereocenters. The number of aromatic nitrogens is 1. The van der Waals surface area contributed by atoms with Crippen molar-refractivity contribution >= 4 is 40.4 Å². The smallest absolute Gasteiger partial charge is 0.255 e. The van der Waals surface area contributed by atoms with Gasteiger partial charge in [-0.3, -0.25) is 4.79 Å². The van der Waals surface area contributed by atoms with Gasteiger partial charge < -0.3 is 9.64 Å². The van der Waals surface area contributed by atoms with Crippen molar-refractivity contribution in [3.05, 3.63) is 50.4 Å². The third-order valence-electron chi connectivity index (χ3n) is 2.82. The highest BCUT2D eigenvalue weighted by molar-refractivity contribution is 7.09. The van der Waals surface area contributed by atoms with Crippen molar-refractivity contribution in [3.63, 3.8) is 0 Å². The second-order valence-corrected chi connectivity index (χ2v) is 6.09. The van der Waals surface area contributed by atoms with Crippen LogP contribution in [0.5, 0.6) is 0 Å². The number of nitrogens with zero attached hydrogens (tertiary/aromatic N) is 2. The highest BCUT2D eigenvalue weighted by Gasteiger charge is 2.18. The number of ether oxygens (including phenoxy) is 1. The molecule has 4 nitrogen and oxygen atoms in total. The van der Waals surface area contributed by atoms with Crippen molar-refractivity contribution in [3.8, 4) is 0 Å². The monoisotopic (exact) mass is 344 g/mol. The summed E-state index contributed by atoms with van der Waals surface area (Å²) in [5, 5.41) is 2.44. The largest absolute Gasteiger partial charge is 0.383 e. The van der Waals surface area contributed by atoms with Gasteiger partial charge in [0.1, 0.15) is 5.15 Å². The molecule has 0 saturated carbocycles. The Balaban J connectivity index is 2.18. The molecule has 2 aromatic heterocycles. The second kappa shape index (κ2) is 7.75. The zero-order valence-corrected chi connectivity index (χ0v) is 13.7. The van der Waals surface area contributed by atoms with E-state index in [1.807, 2.05) is 17.5 Å². The van der Waals surface area contributed by atoms with E-state index in [0.29, 0.717) is 25.3 Å². The summed E-state index contributed by atoms with van der Waals surface area (Å²) in [6.45, 7) is 1.49. The quantitative estimate of drug-likeness (QED) is 0.749. The third-order valence-corrected chi connectivity index (χ3v) is 4.37. The Morgan fingerprint density at radius 1 is 1.48 bits per heavy atom. The Labute approximate surface area is 137 Å². The molecule has 2 heterocycles. The number of hydrogen-bond donors (Lipinski definition) is 0. The molecular formula is C14H14Cl2N2O2S. The van der Waals surface area contributed by atoms with E-state index in [2.05, 4.69) is 4.98 Å². The molecule has 0 aliphatic rings. The molecule has 21 heavy (non-hydrogen) atoms. The highest BCUT2D eigenvalue weighted by atomic mass is 35.5. The van der Waals surface area contributed by atoms with Gasteiger partial charge in [-0.05, 0) is 17.5 Å². The van der Waals surface area contributed by atoms with Crippen molar-refractivity contribution in [1.82, 2.24) is 9.88 Å². The van der Waals surface area contributed by atoms with Gasteiger partial charge in [0.25, 0.3) is 5.91 Å². The number of carbonyl (C=O) groups excluding carboxylic acids is 1. The summed E-state index contributed by atoms with van der Waals surface area (Å²) in [5.74, 6) is -0.147. The number of methoxy groups -OCH3 is 1. The molecule has 0 aliphatic heterocycles. The van der Waals surface area contributed by atoms with Crippen LogP contribution < -0.4 is 0 Å². The Morgan fingerprint density at radius 3 is 2.90 bits per heavy atom. The first-order chi connectivity index (χ1) is 10.1. The maximum absolute atomic E-state index is 12.6. The molecule has 1 amide bonds. The fourth-order valence-electron chi connectivity index (χ4n) is 1.77. The number of amides is 1. The van der Waals surface area contributed by atoms with Gasteiger partial charge in [0.15, 0.2) is 0 Å². The number of pyridine rings is 1. The van der Waals surface area contributed by atoms with E-state index in [4.69, 9.17) is 27.9 Å². The molecule has 0 atom stereocenters. The van der Waals surface area contributed by atoms with Gasteiger partial charge >= 0.3 is 0 Å². The minimum atomic E-state index is -0.147. The summed E-state index contributed by atoms with van der Waals surface area (Å²) in [5.41, 5.74) is 0.414. The van der Waals surface area contributed by atoms with E-state index in [0.717, 1.165) is 4.88 Å². The minimum absolute atomic E-state index is 0.147. The Kier molecular flexibility index (Phi) is 5.99. The molecule has 0 aliphatic carbocycles. The molecule has 0 N–H and O–H groups in total. The second-order valence-electron chi connectivity index (χ2n) is 4.30. The molecule has 0 fully saturated rings. The molecular weight excluding hydrogens is 331 g/mol. The predicted molar refractivity (Wildman–Crippen MR) is 85.2 cm³/mol. The van der Waals surface area contributed by atoms with Gasteiger partial charge in [0, 0.05) is 24.7 Å². The number of rotatable bonds is 6. The van der Waals surface area contributed by atoms with Crippen molar-refractivity contribution in [2.75, 3.05) is 20.3 Å². The molecule has 2 aromatic rings. The van der Waals surface area contributed by atoms with Gasteiger partial charge in [-0.1, -0.05) is 29.3 Å². The Hall–Kier alpha value is -1.14. The van der Waals surface area contributed by atoms with E-state index in [-0.39, 0.29) is 16.1 Å². The normalized spacial score (nSPS) is 10.6. The lowest BCUT2D eigenvalue weighted by molar-refractivity contribution is 0.0682. The van der Waals surface area contributed by atoms with Crippen LogP contribution in [0.3, 0.4) is 0 Å². The van der Waals surface area contributed by atoms with Crippen LogP contribution in [0.15, 0.2) is 29.8 Å². The fraction of sp³-hybridized carbons (Fsp3) is 0.286. The standard InChI is InChI=1S/C14H14Cl2N2O2S/c1-20-5-4-18(9-11-3-2-6-21-11)14(19)10-7-12(15)13(16)17-8-10/h2-3,6-8H,4-5,9H2,1H3. The van der Waals surface area contributed by atoms with Gasteiger partial charge in [0.2, 0.25) is 0 Å². The summed E-state index contributed by atoms with van der Waals surface area (Å²) >= 11 is 13.3. The number of halogens is 2. The molecule has 0 aromatic carbocycles. The van der Waals surface area contributed by atoms with Crippen LogP contribution in [-0.2, 0) is 11.3 Å². The Morgan fingerprint density at radius 2 is 2.29 bits per heavy atom. The van der Waals surface area contributed by atoms with E-state index in [1.165, 1.54) is 12.3 Å². The van der Waals surface area contributed by atoms with E-state index in [1.54, 1.807) is 23.3 Å². The molecule has 0 saturated heterocycles. The SMILES string of the molecule is COCCN(Cc1cccs1)C(=O)c1cnc(Cl)c(Cl)c1. The van der Waals surface area contributed by atoms with E-state index < -0.39 is 0 Å². The number of thiophene rings is 1. The lowest BCUT2D eigenvalue weighted by Crippen LogP contribution is -2.33. The van der Waals surface area contributed by atoms with Crippen LogP contribution in [-0.4, -0.2) is 36.1 Å². The number of carbonyl (C=O) groups is 1. The third kappa shape index (κ3) is 4.41. The first kappa shape index (κ1) is 16.2. The molecule has 7 heteroatoms. The summed E-state index contributed by atoms with van der Waals surface area (Å²) in [7, 11) is 1.61. The molecule has 2 rings (SSSR count). The summed E-state index contributed by atoms with van der Waals surface area (Å²) < 4.78 is 5.07. The zero-order chi connectivity index (χ0) is 15.2. The van der Waals surface area contributed by atoms with Crippen molar-refractivity contribution in [2.45, 2.75) is 6.54 Å². The van der Waals surface area contributed by atoms with Gasteiger partial charge in [0.05, 0.1) is 23.7 Å². The lowest BCUT2D eigenvalue weighted by Gasteiger charge is -2.21. The minimum Gasteiger partial charge on any atom is -0.383 e. The first-order valence-corrected chi connectivity index (χ1v) is 7.87. The maximum Gasteiger partial charge on any atom is 0.255 e. The average molecular weight is 345 g/mol. The van der Waals surface area contributed by atoms with E-state index >= 15 is 0 Å². The topological polar surface area (TPSA) is 42.4 Å². The van der Waals surface area contributed by atoms with Crippen LogP contribution in [0.4, 0.5) is 0 Å². The molecule has 112 valence electrons. The van der Waals surface area contributed by atoms with Gasteiger partial charge in [-0.25, -0.2) is 4.98 Å². The van der Waals surface area contributed by atoms with Crippen LogP contribution >= 0.6 is 34.5 Å². The average Bonchev–Trinajstić information content (AvgIpc) is 2.98. The summed E-state index contributed by atoms with van der Waals surface area (Å²) in [6, 6.07) is 5.48. The molecule has 0 spiro atoms. The predicted octanol–water partition coefficient (Wildman–Crippen LogP) is 3.74. The van der Waals surface area contributed by atoms with E-state index in [9.17, 15) is 4.79 Å². The van der Waals surface area contributed by atoms with Gasteiger partial charge in [-0.2, -0.15) is 0 Å². The number of hydrogen-bond acceptors (Lipinski definition) is 4. The maximum atomic E-state index is 12.6. The zero-order valence-electron chi connectivity index (χ0n) is 11.4. The Bertz CT molecular complexity index is 605.